The molecule has 0 unspecified atom stereocenters. The summed E-state index contributed by atoms with van der Waals surface area (Å²) in [5.74, 6) is -1.93. The van der Waals surface area contributed by atoms with Gasteiger partial charge in [-0.05, 0) is 54.1 Å². The van der Waals surface area contributed by atoms with Gasteiger partial charge in [0.25, 0.3) is 11.7 Å². The van der Waals surface area contributed by atoms with Crippen LogP contribution in [0, 0.1) is 0 Å². The molecule has 1 aromatic heterocycles. The number of aliphatic hydroxyl groups is 1. The number of methoxy groups -OCH3 is 1. The van der Waals surface area contributed by atoms with E-state index in [0.29, 0.717) is 27.5 Å². The lowest BCUT2D eigenvalue weighted by Crippen LogP contribution is -2.29. The molecule has 1 amide bonds. The van der Waals surface area contributed by atoms with Crippen molar-refractivity contribution >= 4 is 35.0 Å². The average Bonchev–Trinajstić information content (AvgIpc) is 3.41. The number of aliphatic hydroxyl groups excluding tert-OH is 1. The number of rotatable bonds is 5. The molecule has 162 valence electrons. The number of benzene rings is 2. The lowest BCUT2D eigenvalue weighted by molar-refractivity contribution is -0.140. The Morgan fingerprint density at radius 2 is 1.72 bits per heavy atom. The fourth-order valence-corrected chi connectivity index (χ4v) is 3.77. The average molecular weight is 452 g/mol. The molecule has 7 nitrogen and oxygen atoms in total. The molecule has 2 heterocycles. The van der Waals surface area contributed by atoms with Crippen LogP contribution in [0.2, 0.25) is 5.02 Å². The van der Waals surface area contributed by atoms with Crippen LogP contribution in [0.15, 0.2) is 76.9 Å². The molecular weight excluding hydrogens is 434 g/mol. The Bertz CT molecular complexity index is 1200. The van der Waals surface area contributed by atoms with Gasteiger partial charge in [-0.1, -0.05) is 23.7 Å². The Balaban J connectivity index is 1.84. The molecule has 1 atom stereocenters. The quantitative estimate of drug-likeness (QED) is 0.268. The highest BCUT2D eigenvalue weighted by atomic mass is 35.5. The Hall–Kier alpha value is -3.84. The highest BCUT2D eigenvalue weighted by Gasteiger charge is 2.46. The molecule has 0 saturated carbocycles. The number of ketones is 1. The molecule has 0 spiro atoms. The summed E-state index contributed by atoms with van der Waals surface area (Å²) >= 11 is 5.93. The molecule has 1 aliphatic heterocycles. The zero-order valence-corrected chi connectivity index (χ0v) is 17.7. The number of Topliss-reactive ketones (excluding diaryl/α,β-unsaturated/α-hetero) is 1. The maximum atomic E-state index is 13.0. The van der Waals surface area contributed by atoms with Crippen molar-refractivity contribution in [3.63, 3.8) is 0 Å². The van der Waals surface area contributed by atoms with Gasteiger partial charge in [0.1, 0.15) is 11.5 Å². The summed E-state index contributed by atoms with van der Waals surface area (Å²) in [6, 6.07) is 15.1. The minimum Gasteiger partial charge on any atom is -0.507 e. The van der Waals surface area contributed by atoms with Crippen LogP contribution in [0.1, 0.15) is 33.3 Å². The first-order chi connectivity index (χ1) is 15.4. The van der Waals surface area contributed by atoms with Crippen molar-refractivity contribution in [2.45, 2.75) is 12.6 Å². The smallest absolute Gasteiger partial charge is 0.337 e. The minimum absolute atomic E-state index is 0.0262. The predicted molar refractivity (Wildman–Crippen MR) is 116 cm³/mol. The van der Waals surface area contributed by atoms with E-state index in [9.17, 15) is 19.5 Å². The van der Waals surface area contributed by atoms with Crippen molar-refractivity contribution in [2.24, 2.45) is 0 Å². The molecule has 1 N–H and O–H groups in total. The summed E-state index contributed by atoms with van der Waals surface area (Å²) in [6.45, 7) is 0.0262. The number of esters is 1. The van der Waals surface area contributed by atoms with E-state index in [-0.39, 0.29) is 17.9 Å². The van der Waals surface area contributed by atoms with Crippen molar-refractivity contribution in [1.82, 2.24) is 4.90 Å². The molecule has 2 aromatic carbocycles. The number of nitrogens with zero attached hydrogens (tertiary/aromatic N) is 1. The number of carbonyl (C=O) groups is 3. The minimum atomic E-state index is -0.887. The Kier molecular flexibility index (Phi) is 5.83. The summed E-state index contributed by atoms with van der Waals surface area (Å²) in [7, 11) is 1.28. The monoisotopic (exact) mass is 451 g/mol. The van der Waals surface area contributed by atoms with Crippen LogP contribution >= 0.6 is 11.6 Å². The van der Waals surface area contributed by atoms with E-state index >= 15 is 0 Å². The van der Waals surface area contributed by atoms with Crippen LogP contribution < -0.4 is 0 Å². The van der Waals surface area contributed by atoms with Gasteiger partial charge in [-0.3, -0.25) is 9.59 Å². The number of halogens is 1. The summed E-state index contributed by atoms with van der Waals surface area (Å²) in [5.41, 5.74) is 1.15. The van der Waals surface area contributed by atoms with Crippen LogP contribution in [-0.2, 0) is 20.9 Å². The molecule has 1 aliphatic rings. The maximum Gasteiger partial charge on any atom is 0.337 e. The van der Waals surface area contributed by atoms with Gasteiger partial charge in [-0.25, -0.2) is 4.79 Å². The van der Waals surface area contributed by atoms with Gasteiger partial charge in [-0.15, -0.1) is 0 Å². The van der Waals surface area contributed by atoms with E-state index in [2.05, 4.69) is 0 Å². The van der Waals surface area contributed by atoms with Crippen molar-refractivity contribution in [3.05, 3.63) is 100.0 Å². The molecule has 0 radical (unpaired) electrons. The second-order valence-electron chi connectivity index (χ2n) is 7.13. The second kappa shape index (κ2) is 8.72. The standard InChI is InChI=1S/C24H18ClNO6/c1-31-24(30)16-6-4-14(5-7-16)20-19(21(27)15-8-10-17(25)11-9-15)22(28)23(29)26(20)13-18-3-2-12-32-18/h2-12,20,27H,13H2,1H3/t20-/m0/s1. The molecule has 32 heavy (non-hydrogen) atoms. The van der Waals surface area contributed by atoms with Crippen molar-refractivity contribution in [1.29, 1.82) is 0 Å². The Morgan fingerprint density at radius 3 is 2.31 bits per heavy atom. The third kappa shape index (κ3) is 3.90. The molecule has 8 heteroatoms. The first-order valence-corrected chi connectivity index (χ1v) is 10.0. The second-order valence-corrected chi connectivity index (χ2v) is 7.56. The van der Waals surface area contributed by atoms with Crippen LogP contribution in [0.25, 0.3) is 5.76 Å². The van der Waals surface area contributed by atoms with E-state index in [1.165, 1.54) is 30.4 Å². The fourth-order valence-electron chi connectivity index (χ4n) is 3.64. The predicted octanol–water partition coefficient (Wildman–Crippen LogP) is 4.34. The third-order valence-corrected chi connectivity index (χ3v) is 5.46. The van der Waals surface area contributed by atoms with Crippen molar-refractivity contribution in [3.8, 4) is 0 Å². The molecule has 3 aromatic rings. The normalized spacial score (nSPS) is 17.6. The summed E-state index contributed by atoms with van der Waals surface area (Å²) in [6.07, 6.45) is 1.47. The summed E-state index contributed by atoms with van der Waals surface area (Å²) in [4.78, 5) is 39.0. The Labute approximate surface area is 188 Å². The van der Waals surface area contributed by atoms with Gasteiger partial charge in [0.05, 0.1) is 37.1 Å². The van der Waals surface area contributed by atoms with Crippen LogP contribution in [0.4, 0.5) is 0 Å². The maximum absolute atomic E-state index is 13.0. The van der Waals surface area contributed by atoms with E-state index in [1.807, 2.05) is 0 Å². The number of amides is 1. The summed E-state index contributed by atoms with van der Waals surface area (Å²) < 4.78 is 10.1. The van der Waals surface area contributed by atoms with E-state index < -0.39 is 23.7 Å². The van der Waals surface area contributed by atoms with E-state index in [0.717, 1.165) is 0 Å². The SMILES string of the molecule is COC(=O)c1ccc([C@H]2C(=C(O)c3ccc(Cl)cc3)C(=O)C(=O)N2Cc2ccco2)cc1. The van der Waals surface area contributed by atoms with Gasteiger partial charge in [0.2, 0.25) is 0 Å². The largest absolute Gasteiger partial charge is 0.507 e. The molecule has 0 aliphatic carbocycles. The third-order valence-electron chi connectivity index (χ3n) is 5.21. The number of furan rings is 1. The highest BCUT2D eigenvalue weighted by Crippen LogP contribution is 2.40. The summed E-state index contributed by atoms with van der Waals surface area (Å²) in [5, 5.41) is 11.5. The number of likely N-dealkylation sites (tertiary alicyclic amines) is 1. The van der Waals surface area contributed by atoms with Crippen LogP contribution in [0.5, 0.6) is 0 Å². The number of hydrogen-bond donors (Lipinski definition) is 1. The van der Waals surface area contributed by atoms with Crippen molar-refractivity contribution in [2.75, 3.05) is 7.11 Å². The van der Waals surface area contributed by atoms with Gasteiger partial charge in [-0.2, -0.15) is 0 Å². The first kappa shape index (κ1) is 21.4. The highest BCUT2D eigenvalue weighted by molar-refractivity contribution is 6.46. The molecule has 4 rings (SSSR count). The fraction of sp³-hybridized carbons (Fsp3) is 0.125. The van der Waals surface area contributed by atoms with E-state index in [4.69, 9.17) is 20.8 Å². The first-order valence-electron chi connectivity index (χ1n) is 9.65. The van der Waals surface area contributed by atoms with Gasteiger partial charge in [0.15, 0.2) is 0 Å². The number of carbonyl (C=O) groups excluding carboxylic acids is 3. The number of hydrogen-bond acceptors (Lipinski definition) is 6. The molecule has 0 bridgehead atoms. The molecule has 1 saturated heterocycles. The van der Waals surface area contributed by atoms with Gasteiger partial charge < -0.3 is 19.2 Å². The lowest BCUT2D eigenvalue weighted by atomic mass is 9.94. The van der Waals surface area contributed by atoms with Crippen LogP contribution in [0.3, 0.4) is 0 Å². The van der Waals surface area contributed by atoms with Gasteiger partial charge in [0, 0.05) is 10.6 Å². The molecule has 1 fully saturated rings. The molecular formula is C24H18ClNO6. The Morgan fingerprint density at radius 1 is 1.06 bits per heavy atom. The zero-order chi connectivity index (χ0) is 22.8. The van der Waals surface area contributed by atoms with Crippen molar-refractivity contribution < 1.29 is 28.6 Å². The zero-order valence-electron chi connectivity index (χ0n) is 16.9. The van der Waals surface area contributed by atoms with E-state index in [1.54, 1.807) is 48.5 Å². The van der Waals surface area contributed by atoms with Gasteiger partial charge >= 0.3 is 5.97 Å². The number of ether oxygens (including phenoxy) is 1. The van der Waals surface area contributed by atoms with Crippen LogP contribution in [-0.4, -0.2) is 34.8 Å². The topological polar surface area (TPSA) is 97.0 Å². The lowest BCUT2D eigenvalue weighted by Gasteiger charge is -2.24.